The van der Waals surface area contributed by atoms with Gasteiger partial charge in [-0.25, -0.2) is 4.98 Å². The van der Waals surface area contributed by atoms with Crippen LogP contribution in [0.15, 0.2) is 18.0 Å². The van der Waals surface area contributed by atoms with Crippen LogP contribution < -0.4 is 5.32 Å². The van der Waals surface area contributed by atoms with E-state index in [0.29, 0.717) is 18.2 Å². The maximum absolute atomic E-state index is 12.1. The lowest BCUT2D eigenvalue weighted by molar-refractivity contribution is -0.130. The maximum Gasteiger partial charge on any atom is 0.245 e. The lowest BCUT2D eigenvalue weighted by Gasteiger charge is -2.31. The first kappa shape index (κ1) is 13.7. The van der Waals surface area contributed by atoms with Crippen molar-refractivity contribution in [2.24, 2.45) is 5.92 Å². The Hall–Kier alpha value is -1.69. The number of hydrogen-bond donors (Lipinski definition) is 1. The van der Waals surface area contributed by atoms with E-state index in [1.807, 2.05) is 12.3 Å². The zero-order chi connectivity index (χ0) is 13.8. The van der Waals surface area contributed by atoms with Crippen molar-refractivity contribution in [1.82, 2.24) is 9.88 Å². The molecule has 5 nitrogen and oxygen atoms in total. The van der Waals surface area contributed by atoms with Crippen molar-refractivity contribution in [1.29, 1.82) is 0 Å². The molecule has 1 unspecified atom stereocenters. The standard InChI is InChI=1S/C13H17N3O2S/c1-3-11(17)16-6-4-5-10(7-16)12(18)15-13-14-9(2)8-19-13/h3,8,10H,1,4-7H2,2H3,(H,14,15,18). The SMILES string of the molecule is C=CC(=O)N1CCCC(C(=O)Nc2nc(C)cs2)C1. The Morgan fingerprint density at radius 3 is 3.05 bits per heavy atom. The first-order chi connectivity index (χ1) is 9.10. The number of carbonyl (C=O) groups excluding carboxylic acids is 2. The van der Waals surface area contributed by atoms with E-state index in [1.165, 1.54) is 17.4 Å². The molecule has 19 heavy (non-hydrogen) atoms. The van der Waals surface area contributed by atoms with Crippen molar-refractivity contribution < 1.29 is 9.59 Å². The molecule has 0 spiro atoms. The molecule has 1 atom stereocenters. The number of nitrogens with zero attached hydrogens (tertiary/aromatic N) is 2. The van der Waals surface area contributed by atoms with E-state index in [2.05, 4.69) is 16.9 Å². The molecule has 6 heteroatoms. The second-order valence-corrected chi connectivity index (χ2v) is 5.47. The second kappa shape index (κ2) is 5.97. The van der Waals surface area contributed by atoms with Gasteiger partial charge in [0.05, 0.1) is 11.6 Å². The summed E-state index contributed by atoms with van der Waals surface area (Å²) in [6.45, 7) is 6.52. The average Bonchev–Trinajstić information content (AvgIpc) is 2.83. The third-order valence-corrected chi connectivity index (χ3v) is 4.00. The molecule has 0 aromatic carbocycles. The van der Waals surface area contributed by atoms with E-state index in [4.69, 9.17) is 0 Å². The zero-order valence-corrected chi connectivity index (χ0v) is 11.7. The number of anilines is 1. The Labute approximate surface area is 116 Å². The summed E-state index contributed by atoms with van der Waals surface area (Å²) in [5.41, 5.74) is 0.896. The van der Waals surface area contributed by atoms with E-state index < -0.39 is 0 Å². The summed E-state index contributed by atoms with van der Waals surface area (Å²) >= 11 is 1.41. The summed E-state index contributed by atoms with van der Waals surface area (Å²) in [6, 6.07) is 0. The predicted octanol–water partition coefficient (Wildman–Crippen LogP) is 1.81. The zero-order valence-electron chi connectivity index (χ0n) is 10.9. The first-order valence-electron chi connectivity index (χ1n) is 6.24. The van der Waals surface area contributed by atoms with Gasteiger partial charge in [-0.2, -0.15) is 0 Å². The van der Waals surface area contributed by atoms with Gasteiger partial charge in [-0.05, 0) is 25.8 Å². The van der Waals surface area contributed by atoms with Gasteiger partial charge >= 0.3 is 0 Å². The molecule has 2 amide bonds. The predicted molar refractivity (Wildman–Crippen MR) is 75.0 cm³/mol. The van der Waals surface area contributed by atoms with Crippen molar-refractivity contribution in [3.8, 4) is 0 Å². The number of hydrogen-bond acceptors (Lipinski definition) is 4. The fraction of sp³-hybridized carbons (Fsp3) is 0.462. The van der Waals surface area contributed by atoms with Crippen LogP contribution in [0.4, 0.5) is 5.13 Å². The number of aromatic nitrogens is 1. The summed E-state index contributed by atoms with van der Waals surface area (Å²) in [5, 5.41) is 5.33. The number of amides is 2. The van der Waals surface area contributed by atoms with Crippen LogP contribution in [0.3, 0.4) is 0 Å². The average molecular weight is 279 g/mol. The van der Waals surface area contributed by atoms with Crippen molar-refractivity contribution >= 4 is 28.3 Å². The van der Waals surface area contributed by atoms with Crippen molar-refractivity contribution in [3.63, 3.8) is 0 Å². The van der Waals surface area contributed by atoms with Crippen molar-refractivity contribution in [3.05, 3.63) is 23.7 Å². The Morgan fingerprint density at radius 1 is 1.63 bits per heavy atom. The molecular formula is C13H17N3O2S. The van der Waals surface area contributed by atoms with Crippen LogP contribution in [0.5, 0.6) is 0 Å². The highest BCUT2D eigenvalue weighted by Gasteiger charge is 2.27. The van der Waals surface area contributed by atoms with E-state index in [0.717, 1.165) is 18.5 Å². The summed E-state index contributed by atoms with van der Waals surface area (Å²) in [7, 11) is 0. The molecule has 102 valence electrons. The molecule has 1 N–H and O–H groups in total. The summed E-state index contributed by atoms with van der Waals surface area (Å²) < 4.78 is 0. The van der Waals surface area contributed by atoms with Gasteiger partial charge in [-0.1, -0.05) is 6.58 Å². The lowest BCUT2D eigenvalue weighted by Crippen LogP contribution is -2.43. The van der Waals surface area contributed by atoms with Gasteiger partial charge in [0.1, 0.15) is 0 Å². The number of piperidine rings is 1. The molecule has 0 saturated carbocycles. The fourth-order valence-corrected chi connectivity index (χ4v) is 2.83. The van der Waals surface area contributed by atoms with Crippen LogP contribution in [0.25, 0.3) is 0 Å². The monoisotopic (exact) mass is 279 g/mol. The Bertz CT molecular complexity index is 498. The molecule has 2 heterocycles. The van der Waals surface area contributed by atoms with Gasteiger partial charge in [-0.3, -0.25) is 9.59 Å². The van der Waals surface area contributed by atoms with Gasteiger partial charge in [-0.15, -0.1) is 11.3 Å². The second-order valence-electron chi connectivity index (χ2n) is 4.61. The normalized spacial score (nSPS) is 19.0. The van der Waals surface area contributed by atoms with Crippen LogP contribution in [-0.4, -0.2) is 34.8 Å². The molecule has 0 radical (unpaired) electrons. The minimum Gasteiger partial charge on any atom is -0.338 e. The third-order valence-electron chi connectivity index (χ3n) is 3.13. The molecule has 0 aliphatic carbocycles. The van der Waals surface area contributed by atoms with Crippen LogP contribution >= 0.6 is 11.3 Å². The van der Waals surface area contributed by atoms with E-state index >= 15 is 0 Å². The van der Waals surface area contributed by atoms with Crippen LogP contribution in [0.1, 0.15) is 18.5 Å². The number of likely N-dealkylation sites (tertiary alicyclic amines) is 1. The minimum atomic E-state index is -0.165. The summed E-state index contributed by atoms with van der Waals surface area (Å²) in [4.78, 5) is 29.6. The summed E-state index contributed by atoms with van der Waals surface area (Å²) in [5.74, 6) is -0.333. The van der Waals surface area contributed by atoms with Crippen LogP contribution in [-0.2, 0) is 9.59 Å². The fourth-order valence-electron chi connectivity index (χ4n) is 2.14. The molecule has 1 aromatic rings. The molecule has 0 bridgehead atoms. The van der Waals surface area contributed by atoms with E-state index in [1.54, 1.807) is 4.90 Å². The van der Waals surface area contributed by atoms with Gasteiger partial charge in [0.2, 0.25) is 11.8 Å². The Kier molecular flexibility index (Phi) is 4.31. The Morgan fingerprint density at radius 2 is 2.42 bits per heavy atom. The van der Waals surface area contributed by atoms with Gasteiger partial charge in [0.15, 0.2) is 5.13 Å². The Balaban J connectivity index is 1.95. The van der Waals surface area contributed by atoms with E-state index in [9.17, 15) is 9.59 Å². The molecule has 1 saturated heterocycles. The molecule has 1 fully saturated rings. The van der Waals surface area contributed by atoms with Crippen LogP contribution in [0.2, 0.25) is 0 Å². The van der Waals surface area contributed by atoms with Gasteiger partial charge in [0, 0.05) is 18.5 Å². The highest BCUT2D eigenvalue weighted by atomic mass is 32.1. The lowest BCUT2D eigenvalue weighted by atomic mass is 9.97. The van der Waals surface area contributed by atoms with E-state index in [-0.39, 0.29) is 17.7 Å². The number of aryl methyl sites for hydroxylation is 1. The molecule has 1 aromatic heterocycles. The van der Waals surface area contributed by atoms with Crippen molar-refractivity contribution in [2.75, 3.05) is 18.4 Å². The largest absolute Gasteiger partial charge is 0.338 e. The number of nitrogens with one attached hydrogen (secondary N) is 1. The molecule has 1 aliphatic rings. The van der Waals surface area contributed by atoms with Crippen LogP contribution in [0, 0.1) is 12.8 Å². The number of rotatable bonds is 3. The highest BCUT2D eigenvalue weighted by molar-refractivity contribution is 7.13. The van der Waals surface area contributed by atoms with Crippen molar-refractivity contribution in [2.45, 2.75) is 19.8 Å². The quantitative estimate of drug-likeness (QED) is 0.858. The topological polar surface area (TPSA) is 62.3 Å². The maximum atomic E-state index is 12.1. The third kappa shape index (κ3) is 3.41. The molecular weight excluding hydrogens is 262 g/mol. The molecule has 2 rings (SSSR count). The van der Waals surface area contributed by atoms with Gasteiger partial charge < -0.3 is 10.2 Å². The highest BCUT2D eigenvalue weighted by Crippen LogP contribution is 2.20. The first-order valence-corrected chi connectivity index (χ1v) is 7.12. The minimum absolute atomic E-state index is 0.0593. The smallest absolute Gasteiger partial charge is 0.245 e. The number of thiazole rings is 1. The molecule has 1 aliphatic heterocycles. The summed E-state index contributed by atoms with van der Waals surface area (Å²) in [6.07, 6.45) is 2.94. The number of carbonyl (C=O) groups is 2. The van der Waals surface area contributed by atoms with Gasteiger partial charge in [0.25, 0.3) is 0 Å².